The van der Waals surface area contributed by atoms with Crippen molar-refractivity contribution in [3.63, 3.8) is 0 Å². The molecule has 0 aromatic heterocycles. The minimum Gasteiger partial charge on any atom is -0.493 e. The van der Waals surface area contributed by atoms with Crippen molar-refractivity contribution in [1.82, 2.24) is 0 Å². The van der Waals surface area contributed by atoms with E-state index in [1.165, 1.54) is 0 Å². The molecule has 3 aromatic rings. The molecule has 3 aromatic carbocycles. The lowest BCUT2D eigenvalue weighted by Crippen LogP contribution is -2.07. The lowest BCUT2D eigenvalue weighted by molar-refractivity contribution is 0.0474. The molecule has 4 heteroatoms. The fourth-order valence-electron chi connectivity index (χ4n) is 2.80. The highest BCUT2D eigenvalue weighted by Crippen LogP contribution is 2.30. The van der Waals surface area contributed by atoms with Gasteiger partial charge in [-0.25, -0.2) is 4.79 Å². The van der Waals surface area contributed by atoms with E-state index < -0.39 is 0 Å². The van der Waals surface area contributed by atoms with Gasteiger partial charge < -0.3 is 14.2 Å². The summed E-state index contributed by atoms with van der Waals surface area (Å²) in [7, 11) is 3.18. The van der Waals surface area contributed by atoms with Gasteiger partial charge in [-0.2, -0.15) is 0 Å². The van der Waals surface area contributed by atoms with Crippen LogP contribution in [0.3, 0.4) is 0 Å². The summed E-state index contributed by atoms with van der Waals surface area (Å²) in [4.78, 5) is 12.5. The van der Waals surface area contributed by atoms with Gasteiger partial charge in [0, 0.05) is 0 Å². The fraction of sp³-hybridized carbons (Fsp3) is 0.190. The first-order valence-electron chi connectivity index (χ1n) is 8.00. The van der Waals surface area contributed by atoms with Crippen LogP contribution in [0.2, 0.25) is 0 Å². The molecule has 0 unspecified atom stereocenters. The monoisotopic (exact) mass is 336 g/mol. The zero-order valence-corrected chi connectivity index (χ0v) is 14.5. The third-order valence-corrected chi connectivity index (χ3v) is 4.21. The van der Waals surface area contributed by atoms with Crippen molar-refractivity contribution >= 4 is 16.7 Å². The molecule has 25 heavy (non-hydrogen) atoms. The third-order valence-electron chi connectivity index (χ3n) is 4.21. The zero-order chi connectivity index (χ0) is 17.8. The molecule has 0 saturated heterocycles. The second kappa shape index (κ2) is 7.26. The number of hydrogen-bond donors (Lipinski definition) is 0. The number of methoxy groups -OCH3 is 2. The summed E-state index contributed by atoms with van der Waals surface area (Å²) in [5, 5.41) is 1.90. The molecule has 0 bridgehead atoms. The lowest BCUT2D eigenvalue weighted by atomic mass is 10.0. The van der Waals surface area contributed by atoms with Crippen LogP contribution in [0.1, 0.15) is 21.5 Å². The van der Waals surface area contributed by atoms with Crippen molar-refractivity contribution in [3.8, 4) is 11.5 Å². The Labute approximate surface area is 146 Å². The Balaban J connectivity index is 1.83. The van der Waals surface area contributed by atoms with Crippen LogP contribution in [-0.4, -0.2) is 20.2 Å². The SMILES string of the molecule is COc1cc(C)c(COC(=O)c2cccc3ccccc23)cc1OC. The van der Waals surface area contributed by atoms with Crippen molar-refractivity contribution in [1.29, 1.82) is 0 Å². The molecular weight excluding hydrogens is 316 g/mol. The number of aryl methyl sites for hydroxylation is 1. The van der Waals surface area contributed by atoms with Crippen LogP contribution in [0.4, 0.5) is 0 Å². The highest BCUT2D eigenvalue weighted by molar-refractivity contribution is 6.04. The molecule has 0 aliphatic rings. The fourth-order valence-corrected chi connectivity index (χ4v) is 2.80. The number of fused-ring (bicyclic) bond motifs is 1. The quantitative estimate of drug-likeness (QED) is 0.643. The predicted octanol–water partition coefficient (Wildman–Crippen LogP) is 4.52. The smallest absolute Gasteiger partial charge is 0.339 e. The Morgan fingerprint density at radius 2 is 1.60 bits per heavy atom. The van der Waals surface area contributed by atoms with Gasteiger partial charge in [0.2, 0.25) is 0 Å². The average molecular weight is 336 g/mol. The first kappa shape index (κ1) is 16.8. The van der Waals surface area contributed by atoms with Gasteiger partial charge in [-0.1, -0.05) is 36.4 Å². The van der Waals surface area contributed by atoms with Crippen LogP contribution in [0.5, 0.6) is 11.5 Å². The molecule has 0 radical (unpaired) electrons. The topological polar surface area (TPSA) is 44.8 Å². The number of esters is 1. The summed E-state index contributed by atoms with van der Waals surface area (Å²) in [5.41, 5.74) is 2.42. The van der Waals surface area contributed by atoms with E-state index in [-0.39, 0.29) is 12.6 Å². The minimum atomic E-state index is -0.342. The molecule has 0 spiro atoms. The van der Waals surface area contributed by atoms with E-state index in [1.807, 2.05) is 55.5 Å². The molecule has 0 N–H and O–H groups in total. The molecule has 0 fully saturated rings. The van der Waals surface area contributed by atoms with Crippen LogP contribution in [0, 0.1) is 6.92 Å². The number of carbonyl (C=O) groups is 1. The summed E-state index contributed by atoms with van der Waals surface area (Å²) in [5.74, 6) is 0.930. The predicted molar refractivity (Wildman–Crippen MR) is 97.4 cm³/mol. The van der Waals surface area contributed by atoms with Crippen LogP contribution >= 0.6 is 0 Å². The second-order valence-electron chi connectivity index (χ2n) is 5.74. The van der Waals surface area contributed by atoms with Crippen LogP contribution < -0.4 is 9.47 Å². The Hall–Kier alpha value is -3.01. The maximum atomic E-state index is 12.5. The molecule has 0 atom stereocenters. The van der Waals surface area contributed by atoms with Crippen LogP contribution in [-0.2, 0) is 11.3 Å². The summed E-state index contributed by atoms with van der Waals surface area (Å²) >= 11 is 0. The number of rotatable bonds is 5. The number of hydrogen-bond acceptors (Lipinski definition) is 4. The molecular formula is C21H20O4. The molecule has 0 amide bonds. The lowest BCUT2D eigenvalue weighted by Gasteiger charge is -2.13. The summed E-state index contributed by atoms with van der Waals surface area (Å²) < 4.78 is 16.1. The maximum absolute atomic E-state index is 12.5. The van der Waals surface area contributed by atoms with Gasteiger partial charge in [0.25, 0.3) is 0 Å². The van der Waals surface area contributed by atoms with Crippen molar-refractivity contribution in [2.75, 3.05) is 14.2 Å². The maximum Gasteiger partial charge on any atom is 0.339 e. The molecule has 0 aliphatic heterocycles. The van der Waals surface area contributed by atoms with Gasteiger partial charge in [0.15, 0.2) is 11.5 Å². The first-order chi connectivity index (χ1) is 12.1. The van der Waals surface area contributed by atoms with Gasteiger partial charge in [-0.05, 0) is 47.0 Å². The molecule has 0 aliphatic carbocycles. The van der Waals surface area contributed by atoms with Crippen molar-refractivity contribution in [2.24, 2.45) is 0 Å². The Morgan fingerprint density at radius 1 is 0.920 bits per heavy atom. The normalized spacial score (nSPS) is 10.5. The standard InChI is InChI=1S/C21H20O4/c1-14-11-19(23-2)20(24-3)12-16(14)13-25-21(22)18-10-6-8-15-7-4-5-9-17(15)18/h4-12H,13H2,1-3H3. The first-order valence-corrected chi connectivity index (χ1v) is 8.00. The average Bonchev–Trinajstić information content (AvgIpc) is 2.66. The van der Waals surface area contributed by atoms with Crippen LogP contribution in [0.25, 0.3) is 10.8 Å². The number of carbonyl (C=O) groups excluding carboxylic acids is 1. The van der Waals surface area contributed by atoms with Gasteiger partial charge in [-0.3, -0.25) is 0 Å². The van der Waals surface area contributed by atoms with Crippen molar-refractivity contribution in [2.45, 2.75) is 13.5 Å². The number of benzene rings is 3. The second-order valence-corrected chi connectivity index (χ2v) is 5.74. The molecule has 0 saturated carbocycles. The third kappa shape index (κ3) is 3.43. The Bertz CT molecular complexity index is 910. The molecule has 3 rings (SSSR count). The van der Waals surface area contributed by atoms with Crippen LogP contribution in [0.15, 0.2) is 54.6 Å². The minimum absolute atomic E-state index is 0.175. The van der Waals surface area contributed by atoms with E-state index in [2.05, 4.69) is 0 Å². The zero-order valence-electron chi connectivity index (χ0n) is 14.5. The van der Waals surface area contributed by atoms with E-state index >= 15 is 0 Å². The van der Waals surface area contributed by atoms with Gasteiger partial charge in [0.05, 0.1) is 19.8 Å². The Kier molecular flexibility index (Phi) is 4.89. The summed E-state index contributed by atoms with van der Waals surface area (Å²) in [6.45, 7) is 2.12. The van der Waals surface area contributed by atoms with Gasteiger partial charge in [-0.15, -0.1) is 0 Å². The Morgan fingerprint density at radius 3 is 2.36 bits per heavy atom. The van der Waals surface area contributed by atoms with E-state index in [4.69, 9.17) is 14.2 Å². The summed E-state index contributed by atoms with van der Waals surface area (Å²) in [6.07, 6.45) is 0. The molecule has 4 nitrogen and oxygen atoms in total. The molecule has 0 heterocycles. The largest absolute Gasteiger partial charge is 0.493 e. The van der Waals surface area contributed by atoms with E-state index in [1.54, 1.807) is 20.3 Å². The van der Waals surface area contributed by atoms with E-state index in [0.717, 1.165) is 21.9 Å². The highest BCUT2D eigenvalue weighted by Gasteiger charge is 2.14. The van der Waals surface area contributed by atoms with Crippen molar-refractivity contribution in [3.05, 3.63) is 71.3 Å². The highest BCUT2D eigenvalue weighted by atomic mass is 16.5. The van der Waals surface area contributed by atoms with Gasteiger partial charge >= 0.3 is 5.97 Å². The summed E-state index contributed by atoms with van der Waals surface area (Å²) in [6, 6.07) is 17.1. The van der Waals surface area contributed by atoms with E-state index in [0.29, 0.717) is 17.1 Å². The number of ether oxygens (including phenoxy) is 3. The molecule has 128 valence electrons. The van der Waals surface area contributed by atoms with Gasteiger partial charge in [0.1, 0.15) is 6.61 Å². The van der Waals surface area contributed by atoms with Crippen molar-refractivity contribution < 1.29 is 19.0 Å². The van der Waals surface area contributed by atoms with E-state index in [9.17, 15) is 4.79 Å².